The Balaban J connectivity index is 2.34. The summed E-state index contributed by atoms with van der Waals surface area (Å²) < 4.78 is 0.557. The summed E-state index contributed by atoms with van der Waals surface area (Å²) >= 11 is 3.38. The zero-order chi connectivity index (χ0) is 17.6. The number of halogens is 1. The summed E-state index contributed by atoms with van der Waals surface area (Å²) in [5.74, 6) is -0.613. The van der Waals surface area contributed by atoms with Gasteiger partial charge in [-0.1, -0.05) is 40.2 Å². The van der Waals surface area contributed by atoms with Crippen molar-refractivity contribution in [3.05, 3.63) is 63.1 Å². The van der Waals surface area contributed by atoms with Crippen LogP contribution in [0.15, 0.2) is 40.9 Å². The number of nitrogens with zero attached hydrogens (tertiary/aromatic N) is 1. The maximum absolute atomic E-state index is 13.1. The smallest absolute Gasteiger partial charge is 0.224 e. The van der Waals surface area contributed by atoms with E-state index >= 15 is 0 Å². The SMILES string of the molecule is CC(=O)N(c1ccc(Br)c2c1C(=O)c1ccccc1C2=O)C(C)C. The average molecular weight is 386 g/mol. The third-order valence-corrected chi connectivity index (χ3v) is 4.78. The minimum atomic E-state index is -0.233. The van der Waals surface area contributed by atoms with Crippen molar-refractivity contribution in [2.45, 2.75) is 26.8 Å². The molecule has 0 heterocycles. The lowest BCUT2D eigenvalue weighted by atomic mass is 9.83. The highest BCUT2D eigenvalue weighted by Crippen LogP contribution is 2.38. The molecule has 0 spiro atoms. The van der Waals surface area contributed by atoms with E-state index in [0.717, 1.165) is 0 Å². The summed E-state index contributed by atoms with van der Waals surface area (Å²) in [6.45, 7) is 5.20. The number of carbonyl (C=O) groups excluding carboxylic acids is 3. The molecule has 122 valence electrons. The van der Waals surface area contributed by atoms with Gasteiger partial charge in [0.15, 0.2) is 11.6 Å². The first kappa shape index (κ1) is 16.6. The summed E-state index contributed by atoms with van der Waals surface area (Å²) in [6.07, 6.45) is 0. The van der Waals surface area contributed by atoms with Crippen molar-refractivity contribution in [1.82, 2.24) is 0 Å². The number of anilines is 1. The van der Waals surface area contributed by atoms with Gasteiger partial charge in [-0.25, -0.2) is 0 Å². The maximum atomic E-state index is 13.1. The minimum absolute atomic E-state index is 0.132. The summed E-state index contributed by atoms with van der Waals surface area (Å²) in [7, 11) is 0. The molecule has 0 bridgehead atoms. The molecule has 2 aromatic rings. The van der Waals surface area contributed by atoms with Crippen LogP contribution in [0.1, 0.15) is 52.6 Å². The Labute approximate surface area is 148 Å². The van der Waals surface area contributed by atoms with Gasteiger partial charge in [0, 0.05) is 28.6 Å². The van der Waals surface area contributed by atoms with E-state index in [-0.39, 0.29) is 29.1 Å². The number of benzene rings is 2. The third-order valence-electron chi connectivity index (χ3n) is 4.12. The Hall–Kier alpha value is -2.27. The molecule has 1 amide bonds. The molecule has 0 aromatic heterocycles. The predicted octanol–water partition coefficient (Wildman–Crippen LogP) is 3.99. The van der Waals surface area contributed by atoms with E-state index in [1.807, 2.05) is 13.8 Å². The van der Waals surface area contributed by atoms with E-state index in [4.69, 9.17) is 0 Å². The van der Waals surface area contributed by atoms with Crippen molar-refractivity contribution in [2.75, 3.05) is 4.90 Å². The van der Waals surface area contributed by atoms with Crippen LogP contribution in [0.2, 0.25) is 0 Å². The summed E-state index contributed by atoms with van der Waals surface area (Å²) in [6, 6.07) is 10.1. The third kappa shape index (κ3) is 2.40. The Bertz CT molecular complexity index is 886. The van der Waals surface area contributed by atoms with Gasteiger partial charge in [0.1, 0.15) is 0 Å². The fourth-order valence-electron chi connectivity index (χ4n) is 3.18. The van der Waals surface area contributed by atoms with Crippen molar-refractivity contribution >= 4 is 39.1 Å². The van der Waals surface area contributed by atoms with Crippen molar-refractivity contribution in [2.24, 2.45) is 0 Å². The fourth-order valence-corrected chi connectivity index (χ4v) is 3.69. The molecule has 0 unspecified atom stereocenters. The number of carbonyl (C=O) groups is 3. The number of fused-ring (bicyclic) bond motifs is 2. The van der Waals surface area contributed by atoms with Crippen LogP contribution in [0.4, 0.5) is 5.69 Å². The van der Waals surface area contributed by atoms with Crippen LogP contribution in [0, 0.1) is 0 Å². The zero-order valence-corrected chi connectivity index (χ0v) is 15.2. The van der Waals surface area contributed by atoms with Crippen molar-refractivity contribution < 1.29 is 14.4 Å². The Morgan fingerprint density at radius 2 is 1.50 bits per heavy atom. The second-order valence-corrected chi connectivity index (χ2v) is 6.86. The van der Waals surface area contributed by atoms with Gasteiger partial charge in [0.05, 0.1) is 16.8 Å². The predicted molar refractivity (Wildman–Crippen MR) is 95.7 cm³/mol. The normalized spacial score (nSPS) is 12.9. The van der Waals surface area contributed by atoms with E-state index < -0.39 is 0 Å². The molecule has 0 saturated carbocycles. The molecule has 0 atom stereocenters. The van der Waals surface area contributed by atoms with Crippen LogP contribution in [0.5, 0.6) is 0 Å². The highest BCUT2D eigenvalue weighted by atomic mass is 79.9. The van der Waals surface area contributed by atoms with Crippen LogP contribution in [0.3, 0.4) is 0 Å². The molecule has 0 saturated heterocycles. The lowest BCUT2D eigenvalue weighted by molar-refractivity contribution is -0.116. The molecule has 0 radical (unpaired) electrons. The van der Waals surface area contributed by atoms with E-state index in [1.54, 1.807) is 41.3 Å². The second kappa shape index (κ2) is 5.98. The van der Waals surface area contributed by atoms with Gasteiger partial charge in [0.25, 0.3) is 0 Å². The Morgan fingerprint density at radius 3 is 2.00 bits per heavy atom. The summed E-state index contributed by atoms with van der Waals surface area (Å²) in [5, 5.41) is 0. The molecule has 1 aliphatic carbocycles. The number of hydrogen-bond donors (Lipinski definition) is 0. The van der Waals surface area contributed by atoms with E-state index in [9.17, 15) is 14.4 Å². The van der Waals surface area contributed by atoms with E-state index in [2.05, 4.69) is 15.9 Å². The monoisotopic (exact) mass is 385 g/mol. The molecule has 2 aromatic carbocycles. The highest BCUT2D eigenvalue weighted by molar-refractivity contribution is 9.10. The van der Waals surface area contributed by atoms with Crippen LogP contribution in [-0.4, -0.2) is 23.5 Å². The second-order valence-electron chi connectivity index (χ2n) is 6.00. The molecule has 0 N–H and O–H groups in total. The molecule has 5 heteroatoms. The number of rotatable bonds is 2. The van der Waals surface area contributed by atoms with Crippen LogP contribution in [-0.2, 0) is 4.79 Å². The van der Waals surface area contributed by atoms with Gasteiger partial charge in [-0.05, 0) is 26.0 Å². The minimum Gasteiger partial charge on any atom is -0.309 e. The molecule has 0 aliphatic heterocycles. The van der Waals surface area contributed by atoms with Gasteiger partial charge in [-0.3, -0.25) is 14.4 Å². The fraction of sp³-hybridized carbons (Fsp3) is 0.211. The highest BCUT2D eigenvalue weighted by Gasteiger charge is 2.35. The van der Waals surface area contributed by atoms with Crippen LogP contribution >= 0.6 is 15.9 Å². The molecule has 4 nitrogen and oxygen atoms in total. The topological polar surface area (TPSA) is 54.5 Å². The van der Waals surface area contributed by atoms with Gasteiger partial charge >= 0.3 is 0 Å². The van der Waals surface area contributed by atoms with E-state index in [1.165, 1.54) is 6.92 Å². The molecule has 1 aliphatic rings. The lowest BCUT2D eigenvalue weighted by Gasteiger charge is -2.30. The summed E-state index contributed by atoms with van der Waals surface area (Å²) in [4.78, 5) is 39.6. The van der Waals surface area contributed by atoms with Crippen LogP contribution < -0.4 is 4.90 Å². The van der Waals surface area contributed by atoms with Gasteiger partial charge in [-0.15, -0.1) is 0 Å². The van der Waals surface area contributed by atoms with Gasteiger partial charge in [-0.2, -0.15) is 0 Å². The summed E-state index contributed by atoms with van der Waals surface area (Å²) in [5.41, 5.74) is 1.86. The first-order valence-corrected chi connectivity index (χ1v) is 8.44. The van der Waals surface area contributed by atoms with Crippen molar-refractivity contribution in [1.29, 1.82) is 0 Å². The molecule has 0 fully saturated rings. The van der Waals surface area contributed by atoms with Crippen molar-refractivity contribution in [3.63, 3.8) is 0 Å². The molecular weight excluding hydrogens is 370 g/mol. The zero-order valence-electron chi connectivity index (χ0n) is 13.6. The number of ketones is 2. The first-order valence-electron chi connectivity index (χ1n) is 7.65. The largest absolute Gasteiger partial charge is 0.309 e. The standard InChI is InChI=1S/C19H16BrNO3/c1-10(2)21(11(3)22)15-9-8-14(20)16-17(15)19(24)13-7-5-4-6-12(13)18(16)23/h4-10H,1-3H3. The first-order chi connectivity index (χ1) is 11.3. The van der Waals surface area contributed by atoms with Gasteiger partial charge in [0.2, 0.25) is 5.91 Å². The average Bonchev–Trinajstić information content (AvgIpc) is 2.53. The maximum Gasteiger partial charge on any atom is 0.224 e. The number of amides is 1. The Kier molecular flexibility index (Phi) is 4.13. The quantitative estimate of drug-likeness (QED) is 0.670. The number of hydrogen-bond acceptors (Lipinski definition) is 3. The van der Waals surface area contributed by atoms with Crippen molar-refractivity contribution in [3.8, 4) is 0 Å². The Morgan fingerprint density at radius 1 is 0.958 bits per heavy atom. The molecular formula is C19H16BrNO3. The van der Waals surface area contributed by atoms with Gasteiger partial charge < -0.3 is 4.90 Å². The van der Waals surface area contributed by atoms with E-state index in [0.29, 0.717) is 26.9 Å². The molecule has 3 rings (SSSR count). The van der Waals surface area contributed by atoms with Crippen LogP contribution in [0.25, 0.3) is 0 Å². The lowest BCUT2D eigenvalue weighted by Crippen LogP contribution is -2.37. The molecule has 24 heavy (non-hydrogen) atoms.